The Balaban J connectivity index is 2.47. The molecule has 1 aromatic heterocycles. The van der Waals surface area contributed by atoms with Crippen LogP contribution < -0.4 is 5.73 Å². The molecule has 0 atom stereocenters. The van der Waals surface area contributed by atoms with Crippen LogP contribution in [0.4, 0.5) is 5.69 Å². The summed E-state index contributed by atoms with van der Waals surface area (Å²) in [6, 6.07) is 5.34. The van der Waals surface area contributed by atoms with E-state index in [1.807, 2.05) is 13.0 Å². The zero-order valence-corrected chi connectivity index (χ0v) is 8.36. The quantitative estimate of drug-likeness (QED) is 0.728. The van der Waals surface area contributed by atoms with Crippen molar-refractivity contribution in [3.63, 3.8) is 0 Å². The molecule has 2 N–H and O–H groups in total. The van der Waals surface area contributed by atoms with Gasteiger partial charge >= 0.3 is 0 Å². The maximum atomic E-state index is 5.80. The summed E-state index contributed by atoms with van der Waals surface area (Å²) in [5.41, 5.74) is 7.06. The van der Waals surface area contributed by atoms with Crippen molar-refractivity contribution in [1.29, 1.82) is 0 Å². The van der Waals surface area contributed by atoms with Gasteiger partial charge in [-0.3, -0.25) is 0 Å². The highest BCUT2D eigenvalue weighted by Gasteiger charge is 2.01. The van der Waals surface area contributed by atoms with Gasteiger partial charge in [-0.2, -0.15) is 5.10 Å². The summed E-state index contributed by atoms with van der Waals surface area (Å²) in [7, 11) is 0. The van der Waals surface area contributed by atoms with E-state index in [9.17, 15) is 0 Å². The van der Waals surface area contributed by atoms with E-state index in [2.05, 4.69) is 10.1 Å². The van der Waals surface area contributed by atoms with Gasteiger partial charge in [0.25, 0.3) is 0 Å². The second kappa shape index (κ2) is 3.31. The van der Waals surface area contributed by atoms with E-state index < -0.39 is 0 Å². The largest absolute Gasteiger partial charge is 0.397 e. The molecule has 0 aliphatic rings. The van der Waals surface area contributed by atoms with Crippen LogP contribution >= 0.6 is 11.6 Å². The van der Waals surface area contributed by atoms with Crippen LogP contribution in [0, 0.1) is 6.92 Å². The number of benzene rings is 1. The summed E-state index contributed by atoms with van der Waals surface area (Å²) >= 11 is 5.80. The molecule has 2 aromatic rings. The molecule has 0 unspecified atom stereocenters. The van der Waals surface area contributed by atoms with Gasteiger partial charge in [-0.15, -0.1) is 0 Å². The zero-order valence-electron chi connectivity index (χ0n) is 7.61. The molecule has 14 heavy (non-hydrogen) atoms. The molecule has 72 valence electrons. The minimum atomic E-state index is 0.539. The number of hydrogen-bond acceptors (Lipinski definition) is 3. The maximum absolute atomic E-state index is 5.80. The van der Waals surface area contributed by atoms with Crippen molar-refractivity contribution in [2.75, 3.05) is 5.73 Å². The van der Waals surface area contributed by atoms with E-state index in [-0.39, 0.29) is 0 Å². The molecule has 2 rings (SSSR count). The molecular formula is C9H9ClN4. The van der Waals surface area contributed by atoms with Crippen LogP contribution in [0.3, 0.4) is 0 Å². The monoisotopic (exact) mass is 208 g/mol. The Kier molecular flexibility index (Phi) is 2.13. The van der Waals surface area contributed by atoms with Gasteiger partial charge < -0.3 is 5.73 Å². The van der Waals surface area contributed by atoms with Crippen LogP contribution in [0.5, 0.6) is 0 Å². The Morgan fingerprint density at radius 2 is 2.21 bits per heavy atom. The van der Waals surface area contributed by atoms with Crippen LogP contribution in [0.15, 0.2) is 24.5 Å². The van der Waals surface area contributed by atoms with Crippen LogP contribution in [0.2, 0.25) is 5.02 Å². The zero-order chi connectivity index (χ0) is 10.1. The number of halogens is 1. The number of hydrogen-bond donors (Lipinski definition) is 1. The Bertz CT molecular complexity index is 464. The standard InChI is InChI=1S/C9H9ClN4/c1-6-12-5-14(13-6)7-2-3-8(10)9(11)4-7/h2-5H,11H2,1H3. The Hall–Kier alpha value is -1.55. The van der Waals surface area contributed by atoms with E-state index in [0.29, 0.717) is 10.7 Å². The first-order chi connectivity index (χ1) is 6.66. The lowest BCUT2D eigenvalue weighted by Crippen LogP contribution is -1.96. The number of nitrogens with zero attached hydrogens (tertiary/aromatic N) is 3. The molecule has 1 aromatic carbocycles. The molecule has 0 saturated carbocycles. The van der Waals surface area contributed by atoms with Gasteiger partial charge in [-0.05, 0) is 25.1 Å². The SMILES string of the molecule is Cc1ncn(-c2ccc(Cl)c(N)c2)n1. The van der Waals surface area contributed by atoms with Crippen molar-refractivity contribution in [2.45, 2.75) is 6.92 Å². The summed E-state index contributed by atoms with van der Waals surface area (Å²) in [5, 5.41) is 4.71. The summed E-state index contributed by atoms with van der Waals surface area (Å²) < 4.78 is 1.65. The molecule has 0 spiro atoms. The van der Waals surface area contributed by atoms with E-state index >= 15 is 0 Å². The minimum absolute atomic E-state index is 0.539. The van der Waals surface area contributed by atoms with Gasteiger partial charge in [0, 0.05) is 0 Å². The Morgan fingerprint density at radius 3 is 2.79 bits per heavy atom. The van der Waals surface area contributed by atoms with Crippen LogP contribution in [-0.4, -0.2) is 14.8 Å². The Morgan fingerprint density at radius 1 is 1.43 bits per heavy atom. The number of nitrogens with two attached hydrogens (primary N) is 1. The van der Waals surface area contributed by atoms with E-state index in [1.165, 1.54) is 0 Å². The molecule has 0 fully saturated rings. The van der Waals surface area contributed by atoms with Gasteiger partial charge in [0.1, 0.15) is 12.2 Å². The van der Waals surface area contributed by atoms with E-state index in [1.54, 1.807) is 23.1 Å². The van der Waals surface area contributed by atoms with Crippen LogP contribution in [-0.2, 0) is 0 Å². The lowest BCUT2D eigenvalue weighted by Gasteiger charge is -2.02. The smallest absolute Gasteiger partial charge is 0.147 e. The number of aromatic nitrogens is 3. The average molecular weight is 209 g/mol. The Labute approximate surface area is 86.3 Å². The van der Waals surface area contributed by atoms with Gasteiger partial charge in [-0.1, -0.05) is 11.6 Å². The molecule has 1 heterocycles. The summed E-state index contributed by atoms with van der Waals surface area (Å²) in [6.07, 6.45) is 1.64. The van der Waals surface area contributed by atoms with Gasteiger partial charge in [0.15, 0.2) is 0 Å². The molecule has 0 aliphatic heterocycles. The third-order valence-corrected chi connectivity index (χ3v) is 2.19. The fraction of sp³-hybridized carbons (Fsp3) is 0.111. The molecule has 5 heteroatoms. The fourth-order valence-corrected chi connectivity index (χ4v) is 1.26. The molecule has 0 aliphatic carbocycles. The number of aryl methyl sites for hydroxylation is 1. The van der Waals surface area contributed by atoms with Crippen molar-refractivity contribution < 1.29 is 0 Å². The maximum Gasteiger partial charge on any atom is 0.147 e. The molecule has 0 radical (unpaired) electrons. The lowest BCUT2D eigenvalue weighted by atomic mass is 10.3. The summed E-state index contributed by atoms with van der Waals surface area (Å²) in [5.74, 6) is 0.721. The molecule has 4 nitrogen and oxygen atoms in total. The topological polar surface area (TPSA) is 56.7 Å². The average Bonchev–Trinajstić information content (AvgIpc) is 2.57. The van der Waals surface area contributed by atoms with E-state index in [0.717, 1.165) is 11.5 Å². The second-order valence-corrected chi connectivity index (χ2v) is 3.35. The van der Waals surface area contributed by atoms with Crippen molar-refractivity contribution in [2.24, 2.45) is 0 Å². The number of anilines is 1. The normalized spacial score (nSPS) is 10.4. The van der Waals surface area contributed by atoms with Gasteiger partial charge in [0.2, 0.25) is 0 Å². The van der Waals surface area contributed by atoms with Crippen molar-refractivity contribution in [3.8, 4) is 5.69 Å². The third kappa shape index (κ3) is 1.56. The first kappa shape index (κ1) is 9.02. The van der Waals surface area contributed by atoms with Crippen molar-refractivity contribution >= 4 is 17.3 Å². The lowest BCUT2D eigenvalue weighted by molar-refractivity contribution is 0.863. The molecular weight excluding hydrogens is 200 g/mol. The molecule has 0 bridgehead atoms. The predicted octanol–water partition coefficient (Wildman–Crippen LogP) is 1.81. The highest BCUT2D eigenvalue weighted by atomic mass is 35.5. The molecule has 0 saturated heterocycles. The number of rotatable bonds is 1. The summed E-state index contributed by atoms with van der Waals surface area (Å²) in [6.45, 7) is 1.83. The first-order valence-corrected chi connectivity index (χ1v) is 4.48. The predicted molar refractivity (Wildman–Crippen MR) is 55.5 cm³/mol. The van der Waals surface area contributed by atoms with Gasteiger partial charge in [-0.25, -0.2) is 9.67 Å². The van der Waals surface area contributed by atoms with Crippen molar-refractivity contribution in [3.05, 3.63) is 35.4 Å². The second-order valence-electron chi connectivity index (χ2n) is 2.94. The van der Waals surface area contributed by atoms with Crippen molar-refractivity contribution in [1.82, 2.24) is 14.8 Å². The highest BCUT2D eigenvalue weighted by Crippen LogP contribution is 2.21. The fourth-order valence-electron chi connectivity index (χ4n) is 1.14. The van der Waals surface area contributed by atoms with Crippen LogP contribution in [0.25, 0.3) is 5.69 Å². The molecule has 0 amide bonds. The third-order valence-electron chi connectivity index (χ3n) is 1.85. The highest BCUT2D eigenvalue weighted by molar-refractivity contribution is 6.33. The summed E-state index contributed by atoms with van der Waals surface area (Å²) in [4.78, 5) is 4.02. The van der Waals surface area contributed by atoms with Gasteiger partial charge in [0.05, 0.1) is 16.4 Å². The minimum Gasteiger partial charge on any atom is -0.397 e. The van der Waals surface area contributed by atoms with Crippen LogP contribution in [0.1, 0.15) is 5.82 Å². The number of nitrogen functional groups attached to an aromatic ring is 1. The first-order valence-electron chi connectivity index (χ1n) is 4.10. The van der Waals surface area contributed by atoms with E-state index in [4.69, 9.17) is 17.3 Å².